The molecule has 6 heteroatoms. The van der Waals surface area contributed by atoms with E-state index in [4.69, 9.17) is 11.6 Å². The van der Waals surface area contributed by atoms with E-state index in [1.54, 1.807) is 18.3 Å². The molecule has 5 nitrogen and oxygen atoms in total. The van der Waals surface area contributed by atoms with Crippen molar-refractivity contribution in [2.75, 3.05) is 32.8 Å². The lowest BCUT2D eigenvalue weighted by molar-refractivity contribution is 0.0638. The third-order valence-corrected chi connectivity index (χ3v) is 5.05. The summed E-state index contributed by atoms with van der Waals surface area (Å²) in [5, 5.41) is 9.53. The molecule has 1 aromatic rings. The van der Waals surface area contributed by atoms with Crippen molar-refractivity contribution in [1.29, 1.82) is 0 Å². The Bertz CT molecular complexity index is 620. The van der Waals surface area contributed by atoms with Gasteiger partial charge in [0.25, 0.3) is 5.91 Å². The van der Waals surface area contributed by atoms with Gasteiger partial charge < -0.3 is 10.0 Å². The second kappa shape index (κ2) is 8.10. The molecule has 0 bridgehead atoms. The Morgan fingerprint density at radius 1 is 1.38 bits per heavy atom. The van der Waals surface area contributed by atoms with Gasteiger partial charge in [0, 0.05) is 37.9 Å². The number of halogens is 1. The van der Waals surface area contributed by atoms with Gasteiger partial charge in [0.05, 0.1) is 12.6 Å². The Hall–Kier alpha value is -1.43. The lowest BCUT2D eigenvalue weighted by atomic mass is 9.91. The highest BCUT2D eigenvalue weighted by Crippen LogP contribution is 2.27. The Balaban J connectivity index is 1.78. The highest BCUT2D eigenvalue weighted by atomic mass is 35.5. The van der Waals surface area contributed by atoms with Crippen molar-refractivity contribution in [2.45, 2.75) is 31.7 Å². The number of aliphatic hydroxyl groups excluding tert-OH is 1. The lowest BCUT2D eigenvalue weighted by Crippen LogP contribution is -2.47. The zero-order valence-electron chi connectivity index (χ0n) is 13.8. The van der Waals surface area contributed by atoms with Gasteiger partial charge in [-0.2, -0.15) is 0 Å². The Kier molecular flexibility index (Phi) is 5.87. The summed E-state index contributed by atoms with van der Waals surface area (Å²) in [7, 11) is 0. The van der Waals surface area contributed by atoms with Crippen LogP contribution in [0.15, 0.2) is 30.0 Å². The summed E-state index contributed by atoms with van der Waals surface area (Å²) in [5.41, 5.74) is 1.91. The van der Waals surface area contributed by atoms with Crippen LogP contribution in [0.3, 0.4) is 0 Å². The van der Waals surface area contributed by atoms with Crippen molar-refractivity contribution in [2.24, 2.45) is 0 Å². The summed E-state index contributed by atoms with van der Waals surface area (Å²) in [6, 6.07) is 3.52. The Morgan fingerprint density at radius 3 is 3.04 bits per heavy atom. The summed E-state index contributed by atoms with van der Waals surface area (Å²) >= 11 is 5.94. The molecule has 24 heavy (non-hydrogen) atoms. The maximum Gasteiger partial charge on any atom is 0.254 e. The fourth-order valence-electron chi connectivity index (χ4n) is 3.67. The van der Waals surface area contributed by atoms with Gasteiger partial charge in [-0.25, -0.2) is 4.98 Å². The van der Waals surface area contributed by atoms with Crippen molar-refractivity contribution in [3.63, 3.8) is 0 Å². The standard InChI is InChI=1S/C18H24ClN3O2/c19-17-12-14(6-7-20-17)18(24)22-9-2-1-5-16(22)15-4-3-8-21(13-15)10-11-23/h4,6-7,12,16,23H,1-3,5,8-11,13H2/t16-/m0/s1. The fraction of sp³-hybridized carbons (Fsp3) is 0.556. The summed E-state index contributed by atoms with van der Waals surface area (Å²) in [4.78, 5) is 21.2. The molecule has 0 aromatic carbocycles. The molecule has 0 unspecified atom stereocenters. The van der Waals surface area contributed by atoms with E-state index in [1.165, 1.54) is 5.57 Å². The smallest absolute Gasteiger partial charge is 0.254 e. The average molecular weight is 350 g/mol. The second-order valence-electron chi connectivity index (χ2n) is 6.44. The highest BCUT2D eigenvalue weighted by molar-refractivity contribution is 6.29. The minimum absolute atomic E-state index is 0.0316. The Morgan fingerprint density at radius 2 is 2.25 bits per heavy atom. The molecule has 0 aliphatic carbocycles. The van der Waals surface area contributed by atoms with Crippen LogP contribution in [0.4, 0.5) is 0 Å². The van der Waals surface area contributed by atoms with Gasteiger partial charge in [-0.15, -0.1) is 0 Å². The van der Waals surface area contributed by atoms with Crippen molar-refractivity contribution >= 4 is 17.5 Å². The van der Waals surface area contributed by atoms with Crippen LogP contribution < -0.4 is 0 Å². The van der Waals surface area contributed by atoms with Crippen LogP contribution in [0.25, 0.3) is 0 Å². The number of aliphatic hydroxyl groups is 1. The van der Waals surface area contributed by atoms with Crippen LogP contribution in [0, 0.1) is 0 Å². The molecule has 1 N–H and O–H groups in total. The van der Waals surface area contributed by atoms with Crippen molar-refractivity contribution in [1.82, 2.24) is 14.8 Å². The van der Waals surface area contributed by atoms with E-state index in [2.05, 4.69) is 16.0 Å². The molecule has 1 amide bonds. The van der Waals surface area contributed by atoms with Crippen LogP contribution in [0.2, 0.25) is 5.15 Å². The molecule has 1 saturated heterocycles. The van der Waals surface area contributed by atoms with Crippen LogP contribution >= 0.6 is 11.6 Å². The van der Waals surface area contributed by atoms with Gasteiger partial charge in [0.1, 0.15) is 5.15 Å². The molecule has 1 aromatic heterocycles. The van der Waals surface area contributed by atoms with Gasteiger partial charge in [-0.05, 0) is 43.4 Å². The first-order valence-electron chi connectivity index (χ1n) is 8.63. The molecule has 3 rings (SSSR count). The third kappa shape index (κ3) is 3.97. The van der Waals surface area contributed by atoms with E-state index in [0.29, 0.717) is 17.3 Å². The Labute approximate surface area is 147 Å². The summed E-state index contributed by atoms with van der Waals surface area (Å²) in [5.74, 6) is 0.0316. The van der Waals surface area contributed by atoms with Crippen molar-refractivity contribution in [3.8, 4) is 0 Å². The topological polar surface area (TPSA) is 56.7 Å². The first-order chi connectivity index (χ1) is 11.7. The maximum atomic E-state index is 13.0. The predicted molar refractivity (Wildman–Crippen MR) is 94.1 cm³/mol. The third-order valence-electron chi connectivity index (χ3n) is 4.84. The van der Waals surface area contributed by atoms with Crippen molar-refractivity contribution < 1.29 is 9.90 Å². The number of carbonyl (C=O) groups is 1. The molecular formula is C18H24ClN3O2. The fourth-order valence-corrected chi connectivity index (χ4v) is 3.84. The highest BCUT2D eigenvalue weighted by Gasteiger charge is 2.31. The summed E-state index contributed by atoms with van der Waals surface area (Å²) in [6.45, 7) is 3.46. The van der Waals surface area contributed by atoms with E-state index in [9.17, 15) is 9.90 Å². The van der Waals surface area contributed by atoms with E-state index < -0.39 is 0 Å². The van der Waals surface area contributed by atoms with Gasteiger partial charge >= 0.3 is 0 Å². The monoisotopic (exact) mass is 349 g/mol. The number of piperidine rings is 1. The zero-order valence-corrected chi connectivity index (χ0v) is 14.6. The molecule has 3 heterocycles. The molecule has 0 radical (unpaired) electrons. The molecule has 1 atom stereocenters. The number of nitrogens with zero attached hydrogens (tertiary/aromatic N) is 3. The van der Waals surface area contributed by atoms with Crippen LogP contribution in [-0.2, 0) is 0 Å². The van der Waals surface area contributed by atoms with Crippen molar-refractivity contribution in [3.05, 3.63) is 40.7 Å². The average Bonchev–Trinajstić information content (AvgIpc) is 2.62. The number of hydrogen-bond donors (Lipinski definition) is 1. The van der Waals surface area contributed by atoms with Gasteiger partial charge in [0.15, 0.2) is 0 Å². The van der Waals surface area contributed by atoms with Crippen LogP contribution in [0.1, 0.15) is 36.0 Å². The second-order valence-corrected chi connectivity index (χ2v) is 6.83. The number of amides is 1. The summed E-state index contributed by atoms with van der Waals surface area (Å²) < 4.78 is 0. The van der Waals surface area contributed by atoms with Crippen LogP contribution in [-0.4, -0.2) is 64.6 Å². The predicted octanol–water partition coefficient (Wildman–Crippen LogP) is 2.35. The number of likely N-dealkylation sites (tertiary alicyclic amines) is 1. The maximum absolute atomic E-state index is 13.0. The summed E-state index contributed by atoms with van der Waals surface area (Å²) in [6.07, 6.45) is 8.02. The van der Waals surface area contributed by atoms with Gasteiger partial charge in [-0.1, -0.05) is 17.7 Å². The first-order valence-corrected chi connectivity index (χ1v) is 9.01. The number of pyridine rings is 1. The minimum atomic E-state index is 0.0316. The van der Waals surface area contributed by atoms with E-state index in [-0.39, 0.29) is 18.6 Å². The molecular weight excluding hydrogens is 326 g/mol. The van der Waals surface area contributed by atoms with Gasteiger partial charge in [0.2, 0.25) is 0 Å². The molecule has 2 aliphatic rings. The quantitative estimate of drug-likeness (QED) is 0.669. The van der Waals surface area contributed by atoms with Gasteiger partial charge in [-0.3, -0.25) is 9.69 Å². The number of β-amino-alcohol motifs (C(OH)–C–C–N with tert-alkyl or cyclic N) is 1. The number of rotatable bonds is 4. The number of carbonyl (C=O) groups excluding carboxylic acids is 1. The zero-order chi connectivity index (χ0) is 16.9. The van der Waals surface area contributed by atoms with Crippen LogP contribution in [0.5, 0.6) is 0 Å². The molecule has 2 aliphatic heterocycles. The molecule has 0 saturated carbocycles. The lowest BCUT2D eigenvalue weighted by Gasteiger charge is -2.40. The number of aromatic nitrogens is 1. The minimum Gasteiger partial charge on any atom is -0.395 e. The van der Waals surface area contributed by atoms with E-state index >= 15 is 0 Å². The SMILES string of the molecule is O=C(c1ccnc(Cl)c1)N1CCCC[C@H]1C1=CCCN(CCO)C1. The normalized spacial score (nSPS) is 22.3. The van der Waals surface area contributed by atoms with E-state index in [0.717, 1.165) is 45.3 Å². The number of hydrogen-bond acceptors (Lipinski definition) is 4. The van der Waals surface area contributed by atoms with E-state index in [1.807, 2.05) is 4.90 Å². The molecule has 0 spiro atoms. The molecule has 1 fully saturated rings. The largest absolute Gasteiger partial charge is 0.395 e. The molecule has 130 valence electrons. The first kappa shape index (κ1) is 17.4.